The predicted molar refractivity (Wildman–Crippen MR) is 244 cm³/mol. The number of azo groups is 1. The Balaban J connectivity index is 1.14. The Kier molecular flexibility index (Phi) is 11.1. The van der Waals surface area contributed by atoms with Crippen LogP contribution in [0.2, 0.25) is 15.1 Å². The quantitative estimate of drug-likeness (QED) is 0.0792. The Morgan fingerprint density at radius 3 is 2.06 bits per heavy atom. The third-order valence-electron chi connectivity index (χ3n) is 12.9. The number of phenolic OH excluding ortho intramolecular Hbond substituents is 1. The van der Waals surface area contributed by atoms with Crippen molar-refractivity contribution < 1.29 is 33.8 Å². The Morgan fingerprint density at radius 1 is 0.766 bits per heavy atom. The number of hydrazine groups is 1. The number of imide groups is 2. The number of carbonyl (C=O) groups is 4. The van der Waals surface area contributed by atoms with Crippen molar-refractivity contribution in [1.29, 1.82) is 0 Å². The van der Waals surface area contributed by atoms with Crippen molar-refractivity contribution in [2.75, 3.05) is 43.5 Å². The number of anilines is 3. The molecule has 0 spiro atoms. The third-order valence-corrected chi connectivity index (χ3v) is 13.8. The van der Waals surface area contributed by atoms with Crippen molar-refractivity contribution in [2.24, 2.45) is 33.9 Å². The molecule has 3 fully saturated rings. The summed E-state index contributed by atoms with van der Waals surface area (Å²) in [6.07, 6.45) is 2.15. The number of carbonyl (C=O) groups excluding carboxylic acids is 4. The van der Waals surface area contributed by atoms with Gasteiger partial charge in [0.05, 0.1) is 70.2 Å². The number of halogens is 3. The molecule has 0 bridgehead atoms. The maximum Gasteiger partial charge on any atom is 0.260 e. The van der Waals surface area contributed by atoms with E-state index in [0.717, 1.165) is 10.7 Å². The summed E-state index contributed by atoms with van der Waals surface area (Å²) in [6, 6.07) is 29.1. The van der Waals surface area contributed by atoms with E-state index in [0.29, 0.717) is 44.5 Å². The summed E-state index contributed by atoms with van der Waals surface area (Å²) in [7, 11) is 6.82. The standard InChI is InChI=1S/C48H41Cl3N6O7/c1-55(2)30-12-8-28(9-13-30)52-53-29-10-14-31(15-11-29)56-44(59)34-19-18-33-35(41(34)46(56)61)24-36-45(60)57(54-39-20-7-27(49)23-37(39)50)47(62)48(36,26-5-16-32(63-3)17-6-26)42(33)25-21-38(51)43(58)40(22-25)64-4/h5-18,20-23,34-36,41-42,54,58H,19,24H2,1-4H3. The van der Waals surface area contributed by atoms with Crippen molar-refractivity contribution >= 4 is 86.9 Å². The molecule has 1 saturated carbocycles. The number of rotatable bonds is 10. The fourth-order valence-corrected chi connectivity index (χ4v) is 10.7. The minimum Gasteiger partial charge on any atom is -0.503 e. The van der Waals surface area contributed by atoms with Crippen LogP contribution < -0.4 is 24.7 Å². The average Bonchev–Trinajstić information content (AvgIpc) is 3.68. The molecule has 2 saturated heterocycles. The largest absolute Gasteiger partial charge is 0.503 e. The predicted octanol–water partition coefficient (Wildman–Crippen LogP) is 10.0. The summed E-state index contributed by atoms with van der Waals surface area (Å²) in [5.41, 5.74) is 5.82. The maximum absolute atomic E-state index is 15.6. The summed E-state index contributed by atoms with van der Waals surface area (Å²) in [4.78, 5) is 63.2. The van der Waals surface area contributed by atoms with Gasteiger partial charge in [-0.25, -0.2) is 0 Å². The van der Waals surface area contributed by atoms with E-state index in [1.807, 2.05) is 49.3 Å². The minimum absolute atomic E-state index is 0.0390. The minimum atomic E-state index is -1.65. The second-order valence-corrected chi connectivity index (χ2v) is 17.7. The number of hydrogen-bond donors (Lipinski definition) is 2. The number of ether oxygens (including phenoxy) is 2. The summed E-state index contributed by atoms with van der Waals surface area (Å²) < 4.78 is 11.1. The van der Waals surface area contributed by atoms with Crippen LogP contribution in [-0.2, 0) is 24.6 Å². The van der Waals surface area contributed by atoms with Gasteiger partial charge in [0.1, 0.15) is 5.75 Å². The highest BCUT2D eigenvalue weighted by molar-refractivity contribution is 6.36. The van der Waals surface area contributed by atoms with E-state index in [1.165, 1.54) is 25.2 Å². The topological polar surface area (TPSA) is 153 Å². The zero-order chi connectivity index (χ0) is 45.2. The van der Waals surface area contributed by atoms with Crippen LogP contribution in [0.1, 0.15) is 29.9 Å². The summed E-state index contributed by atoms with van der Waals surface area (Å²) in [5, 5.41) is 21.1. The molecular weight excluding hydrogens is 879 g/mol. The number of amides is 4. The number of hydrogen-bond acceptors (Lipinski definition) is 11. The van der Waals surface area contributed by atoms with Crippen molar-refractivity contribution in [1.82, 2.24) is 5.01 Å². The van der Waals surface area contributed by atoms with E-state index >= 15 is 9.59 Å². The van der Waals surface area contributed by atoms with Gasteiger partial charge in [-0.2, -0.15) is 15.2 Å². The monoisotopic (exact) mass is 918 g/mol. The summed E-state index contributed by atoms with van der Waals surface area (Å²) in [5.74, 6) is -6.02. The van der Waals surface area contributed by atoms with Gasteiger partial charge in [-0.05, 0) is 121 Å². The molecule has 6 unspecified atom stereocenters. The number of fused-ring (bicyclic) bond motifs is 4. The van der Waals surface area contributed by atoms with Crippen LogP contribution in [0.25, 0.3) is 0 Å². The lowest BCUT2D eigenvalue weighted by atomic mass is 9.49. The maximum atomic E-state index is 15.6. The molecule has 5 aromatic rings. The lowest BCUT2D eigenvalue weighted by Crippen LogP contribution is -2.53. The first-order valence-electron chi connectivity index (χ1n) is 20.4. The number of allylic oxidation sites excluding steroid dienone is 2. The zero-order valence-corrected chi connectivity index (χ0v) is 37.2. The fourth-order valence-electron chi connectivity index (χ4n) is 9.99. The highest BCUT2D eigenvalue weighted by Crippen LogP contribution is 2.65. The van der Waals surface area contributed by atoms with Crippen molar-refractivity contribution in [3.8, 4) is 17.2 Å². The van der Waals surface area contributed by atoms with E-state index in [-0.39, 0.29) is 46.0 Å². The van der Waals surface area contributed by atoms with Gasteiger partial charge >= 0.3 is 0 Å². The Bertz CT molecular complexity index is 2780. The van der Waals surface area contributed by atoms with Crippen LogP contribution in [0.5, 0.6) is 17.2 Å². The van der Waals surface area contributed by atoms with Crippen molar-refractivity contribution in [3.63, 3.8) is 0 Å². The number of benzene rings is 5. The molecule has 9 rings (SSSR count). The van der Waals surface area contributed by atoms with Gasteiger partial charge in [-0.1, -0.05) is 58.6 Å². The van der Waals surface area contributed by atoms with Gasteiger partial charge in [-0.15, -0.1) is 0 Å². The lowest BCUT2D eigenvalue weighted by Gasteiger charge is -2.50. The normalized spacial score (nSPS) is 23.8. The molecular formula is C48H41Cl3N6O7. The molecule has 326 valence electrons. The Hall–Kier alpha value is -6.41. The molecule has 2 aliphatic heterocycles. The van der Waals surface area contributed by atoms with E-state index in [9.17, 15) is 14.7 Å². The first-order valence-corrected chi connectivity index (χ1v) is 21.6. The van der Waals surface area contributed by atoms with Crippen molar-refractivity contribution in [3.05, 3.63) is 141 Å². The molecule has 0 radical (unpaired) electrons. The molecule has 64 heavy (non-hydrogen) atoms. The van der Waals surface area contributed by atoms with Crippen LogP contribution in [0.15, 0.2) is 125 Å². The molecule has 13 nitrogen and oxygen atoms in total. The van der Waals surface area contributed by atoms with E-state index in [1.54, 1.807) is 72.8 Å². The zero-order valence-electron chi connectivity index (χ0n) is 35.0. The number of methoxy groups -OCH3 is 2. The Labute approximate surface area is 383 Å². The molecule has 5 aromatic carbocycles. The molecule has 6 atom stereocenters. The van der Waals surface area contributed by atoms with Crippen LogP contribution in [0.3, 0.4) is 0 Å². The van der Waals surface area contributed by atoms with E-state index in [2.05, 4.69) is 15.7 Å². The van der Waals surface area contributed by atoms with Crippen LogP contribution in [-0.4, -0.2) is 62.1 Å². The molecule has 2 heterocycles. The van der Waals surface area contributed by atoms with Gasteiger partial charge in [0.2, 0.25) is 11.8 Å². The number of aromatic hydroxyl groups is 1. The van der Waals surface area contributed by atoms with E-state index in [4.69, 9.17) is 44.3 Å². The molecule has 2 aliphatic carbocycles. The van der Waals surface area contributed by atoms with Crippen LogP contribution in [0.4, 0.5) is 28.4 Å². The number of nitrogens with one attached hydrogen (secondary N) is 1. The summed E-state index contributed by atoms with van der Waals surface area (Å²) in [6.45, 7) is 0. The highest BCUT2D eigenvalue weighted by atomic mass is 35.5. The molecule has 4 aliphatic rings. The summed E-state index contributed by atoms with van der Waals surface area (Å²) >= 11 is 19.5. The Morgan fingerprint density at radius 2 is 1.44 bits per heavy atom. The van der Waals surface area contributed by atoms with Gasteiger partial charge in [-0.3, -0.25) is 29.5 Å². The number of nitrogens with zero attached hydrogens (tertiary/aromatic N) is 5. The SMILES string of the molecule is COc1ccc(C23C(=O)N(Nc4ccc(Cl)cc4Cl)C(=O)C2CC2C(=CCC4C(=O)N(c5ccc(N=Nc6ccc(N(C)C)cc6)cc5)C(=O)C42)C3c2cc(Cl)c(O)c(OC)c2)cc1. The van der Waals surface area contributed by atoms with Gasteiger partial charge in [0.15, 0.2) is 11.5 Å². The van der Waals surface area contributed by atoms with Gasteiger partial charge < -0.3 is 19.5 Å². The highest BCUT2D eigenvalue weighted by Gasteiger charge is 2.70. The van der Waals surface area contributed by atoms with E-state index < -0.39 is 52.7 Å². The lowest BCUT2D eigenvalue weighted by molar-refractivity contribution is -0.138. The molecule has 16 heteroatoms. The van der Waals surface area contributed by atoms with Gasteiger partial charge in [0.25, 0.3) is 11.8 Å². The fraction of sp³-hybridized carbons (Fsp3) is 0.250. The number of phenols is 1. The second-order valence-electron chi connectivity index (χ2n) is 16.4. The third kappa shape index (κ3) is 6.93. The van der Waals surface area contributed by atoms with Crippen molar-refractivity contribution in [2.45, 2.75) is 24.2 Å². The molecule has 4 amide bonds. The average molecular weight is 920 g/mol. The first-order chi connectivity index (χ1) is 30.8. The van der Waals surface area contributed by atoms with Crippen LogP contribution in [0, 0.1) is 23.7 Å². The van der Waals surface area contributed by atoms with Gasteiger partial charge in [0, 0.05) is 30.7 Å². The second kappa shape index (κ2) is 16.6. The first kappa shape index (κ1) is 42.9. The molecule has 0 aromatic heterocycles. The van der Waals surface area contributed by atoms with Crippen LogP contribution >= 0.6 is 34.8 Å². The smallest absolute Gasteiger partial charge is 0.260 e. The molecule has 2 N–H and O–H groups in total.